The topological polar surface area (TPSA) is 54.5 Å². The molecule has 0 radical (unpaired) electrons. The minimum absolute atomic E-state index is 0.0629. The third kappa shape index (κ3) is 3.11. The van der Waals surface area contributed by atoms with Crippen molar-refractivity contribution in [2.45, 2.75) is 11.8 Å². The lowest BCUT2D eigenvalue weighted by Gasteiger charge is -2.17. The van der Waals surface area contributed by atoms with Crippen molar-refractivity contribution in [2.75, 3.05) is 11.9 Å². The molecular weight excluding hydrogens is 293 g/mol. The average molecular weight is 307 g/mol. The summed E-state index contributed by atoms with van der Waals surface area (Å²) in [4.78, 5) is 13.1. The van der Waals surface area contributed by atoms with Crippen molar-refractivity contribution in [1.82, 2.24) is 0 Å². The Morgan fingerprint density at radius 2 is 1.52 bits per heavy atom. The zero-order valence-corrected chi connectivity index (χ0v) is 12.4. The SMILES string of the molecule is Cc1ccc(S(=O)(=O)C(=O)N(C)c2ccc(F)cc2)cc1. The highest BCUT2D eigenvalue weighted by atomic mass is 32.2. The monoisotopic (exact) mass is 307 g/mol. The molecule has 2 aromatic rings. The van der Waals surface area contributed by atoms with Crippen LogP contribution in [0, 0.1) is 12.7 Å². The van der Waals surface area contributed by atoms with Gasteiger partial charge in [-0.2, -0.15) is 0 Å². The van der Waals surface area contributed by atoms with Crippen molar-refractivity contribution in [3.63, 3.8) is 0 Å². The largest absolute Gasteiger partial charge is 0.347 e. The summed E-state index contributed by atoms with van der Waals surface area (Å²) in [5, 5.41) is -1.06. The second-order valence-electron chi connectivity index (χ2n) is 4.62. The number of amides is 1. The Morgan fingerprint density at radius 1 is 1.00 bits per heavy atom. The predicted molar refractivity (Wildman–Crippen MR) is 78.6 cm³/mol. The number of rotatable bonds is 2. The summed E-state index contributed by atoms with van der Waals surface area (Å²) in [5.41, 5.74) is 1.20. The van der Waals surface area contributed by atoms with Gasteiger partial charge >= 0.3 is 5.24 Å². The van der Waals surface area contributed by atoms with Crippen molar-refractivity contribution in [3.05, 3.63) is 59.9 Å². The van der Waals surface area contributed by atoms with Crippen LogP contribution in [0.4, 0.5) is 14.9 Å². The molecule has 0 N–H and O–H groups in total. The van der Waals surface area contributed by atoms with Gasteiger partial charge in [-0.1, -0.05) is 17.7 Å². The molecule has 0 aliphatic carbocycles. The third-order valence-corrected chi connectivity index (χ3v) is 4.68. The first-order chi connectivity index (χ1) is 9.82. The van der Waals surface area contributed by atoms with Gasteiger partial charge in [0.1, 0.15) is 5.82 Å². The molecule has 2 aromatic carbocycles. The molecule has 110 valence electrons. The molecule has 0 unspecified atom stereocenters. The van der Waals surface area contributed by atoms with Crippen molar-refractivity contribution in [2.24, 2.45) is 0 Å². The Balaban J connectivity index is 2.33. The summed E-state index contributed by atoms with van der Waals surface area (Å²) in [7, 11) is -2.79. The quantitative estimate of drug-likeness (QED) is 0.856. The number of benzene rings is 2. The van der Waals surface area contributed by atoms with Gasteiger partial charge in [-0.25, -0.2) is 12.8 Å². The summed E-state index contributed by atoms with van der Waals surface area (Å²) in [6.45, 7) is 1.82. The Morgan fingerprint density at radius 3 is 2.05 bits per heavy atom. The van der Waals surface area contributed by atoms with Crippen LogP contribution >= 0.6 is 0 Å². The van der Waals surface area contributed by atoms with Crippen LogP contribution in [0.1, 0.15) is 5.56 Å². The molecule has 0 spiro atoms. The fraction of sp³-hybridized carbons (Fsp3) is 0.133. The fourth-order valence-corrected chi connectivity index (χ4v) is 2.93. The standard InChI is InChI=1S/C15H14FNO3S/c1-11-3-9-14(10-4-11)21(19,20)15(18)17(2)13-7-5-12(16)6-8-13/h3-10H,1-2H3. The molecule has 0 saturated heterocycles. The lowest BCUT2D eigenvalue weighted by molar-refractivity contribution is 0.264. The van der Waals surface area contributed by atoms with Gasteiger partial charge in [-0.3, -0.25) is 4.79 Å². The number of hydrogen-bond acceptors (Lipinski definition) is 3. The van der Waals surface area contributed by atoms with Gasteiger partial charge in [0.15, 0.2) is 0 Å². The van der Waals surface area contributed by atoms with E-state index in [-0.39, 0.29) is 4.90 Å². The van der Waals surface area contributed by atoms with E-state index in [1.165, 1.54) is 31.3 Å². The van der Waals surface area contributed by atoms with Gasteiger partial charge in [0.05, 0.1) is 4.90 Å². The van der Waals surface area contributed by atoms with E-state index in [1.807, 2.05) is 6.92 Å². The predicted octanol–water partition coefficient (Wildman–Crippen LogP) is 3.16. The highest BCUT2D eigenvalue weighted by Crippen LogP contribution is 2.20. The summed E-state index contributed by atoms with van der Waals surface area (Å²) < 4.78 is 37.4. The number of sulfone groups is 1. The molecule has 4 nitrogen and oxygen atoms in total. The molecule has 1 amide bonds. The molecule has 0 saturated carbocycles. The normalized spacial score (nSPS) is 11.2. The lowest BCUT2D eigenvalue weighted by atomic mass is 10.2. The Kier molecular flexibility index (Phi) is 4.09. The second kappa shape index (κ2) is 5.65. The maximum absolute atomic E-state index is 12.9. The number of carbonyl (C=O) groups excluding carboxylic acids is 1. The Labute approximate surface area is 122 Å². The molecule has 21 heavy (non-hydrogen) atoms. The lowest BCUT2D eigenvalue weighted by Crippen LogP contribution is -2.31. The molecule has 0 aliphatic rings. The van der Waals surface area contributed by atoms with E-state index in [2.05, 4.69) is 0 Å². The minimum Gasteiger partial charge on any atom is -0.302 e. The zero-order chi connectivity index (χ0) is 15.6. The van der Waals surface area contributed by atoms with Gasteiger partial charge in [0.25, 0.3) is 9.84 Å². The summed E-state index contributed by atoms with van der Waals surface area (Å²) in [6, 6.07) is 11.0. The van der Waals surface area contributed by atoms with E-state index in [4.69, 9.17) is 0 Å². The summed E-state index contributed by atoms with van der Waals surface area (Å²) in [6.07, 6.45) is 0. The van der Waals surface area contributed by atoms with Crippen LogP contribution in [0.5, 0.6) is 0 Å². The van der Waals surface area contributed by atoms with Gasteiger partial charge in [-0.15, -0.1) is 0 Å². The summed E-state index contributed by atoms with van der Waals surface area (Å²) >= 11 is 0. The Bertz CT molecular complexity index is 753. The van der Waals surface area contributed by atoms with Gasteiger partial charge in [-0.05, 0) is 43.3 Å². The summed E-state index contributed by atoms with van der Waals surface area (Å²) in [5.74, 6) is -0.457. The van der Waals surface area contributed by atoms with E-state index in [0.29, 0.717) is 5.69 Å². The molecule has 0 atom stereocenters. The van der Waals surface area contributed by atoms with Crippen LogP contribution in [-0.4, -0.2) is 20.7 Å². The highest BCUT2D eigenvalue weighted by molar-refractivity contribution is 8.06. The second-order valence-corrected chi connectivity index (χ2v) is 6.45. The number of carbonyl (C=O) groups is 1. The zero-order valence-electron chi connectivity index (χ0n) is 11.6. The van der Waals surface area contributed by atoms with E-state index < -0.39 is 20.9 Å². The average Bonchev–Trinajstić information content (AvgIpc) is 2.47. The van der Waals surface area contributed by atoms with Gasteiger partial charge < -0.3 is 4.90 Å². The van der Waals surface area contributed by atoms with Crippen LogP contribution < -0.4 is 4.90 Å². The number of hydrogen-bond donors (Lipinski definition) is 0. The number of halogens is 1. The van der Waals surface area contributed by atoms with Crippen molar-refractivity contribution in [1.29, 1.82) is 0 Å². The smallest absolute Gasteiger partial charge is 0.302 e. The number of nitrogens with zero attached hydrogens (tertiary/aromatic N) is 1. The van der Waals surface area contributed by atoms with Gasteiger partial charge in [0.2, 0.25) is 0 Å². The van der Waals surface area contributed by atoms with Crippen LogP contribution in [0.15, 0.2) is 53.4 Å². The first-order valence-electron chi connectivity index (χ1n) is 6.17. The van der Waals surface area contributed by atoms with Crippen LogP contribution in [0.25, 0.3) is 0 Å². The van der Waals surface area contributed by atoms with Gasteiger partial charge in [0, 0.05) is 12.7 Å². The number of aryl methyl sites for hydroxylation is 1. The van der Waals surface area contributed by atoms with Crippen molar-refractivity contribution >= 4 is 20.8 Å². The maximum Gasteiger partial charge on any atom is 0.347 e. The third-order valence-electron chi connectivity index (χ3n) is 3.05. The van der Waals surface area contributed by atoms with Crippen LogP contribution in [-0.2, 0) is 9.84 Å². The maximum atomic E-state index is 12.9. The van der Waals surface area contributed by atoms with E-state index in [1.54, 1.807) is 12.1 Å². The van der Waals surface area contributed by atoms with Crippen molar-refractivity contribution in [3.8, 4) is 0 Å². The molecule has 0 bridgehead atoms. The molecule has 0 aliphatic heterocycles. The molecule has 0 fully saturated rings. The first kappa shape index (κ1) is 15.2. The molecular formula is C15H14FNO3S. The highest BCUT2D eigenvalue weighted by Gasteiger charge is 2.28. The fourth-order valence-electron chi connectivity index (χ4n) is 1.77. The van der Waals surface area contributed by atoms with E-state index >= 15 is 0 Å². The Hall–Kier alpha value is -2.21. The van der Waals surface area contributed by atoms with E-state index in [0.717, 1.165) is 22.6 Å². The minimum atomic E-state index is -4.12. The molecule has 6 heteroatoms. The van der Waals surface area contributed by atoms with E-state index in [9.17, 15) is 17.6 Å². The molecule has 2 rings (SSSR count). The molecule has 0 aromatic heterocycles. The molecule has 0 heterocycles. The van der Waals surface area contributed by atoms with Crippen molar-refractivity contribution < 1.29 is 17.6 Å². The first-order valence-corrected chi connectivity index (χ1v) is 7.66. The van der Waals surface area contributed by atoms with Crippen LogP contribution in [0.2, 0.25) is 0 Å². The number of anilines is 1. The van der Waals surface area contributed by atoms with Crippen LogP contribution in [0.3, 0.4) is 0 Å².